The van der Waals surface area contributed by atoms with Crippen molar-refractivity contribution in [2.24, 2.45) is 0 Å². The Hall–Kier alpha value is -1.60. The molecule has 2 rings (SSSR count). The monoisotopic (exact) mass is 179 g/mol. The van der Waals surface area contributed by atoms with Crippen LogP contribution in [-0.4, -0.2) is 10.1 Å². The minimum atomic E-state index is 0.141. The Labute approximate surface area is 72.4 Å². The van der Waals surface area contributed by atoms with Crippen LogP contribution in [0.1, 0.15) is 5.56 Å². The predicted molar refractivity (Wildman–Crippen MR) is 41.5 cm³/mol. The van der Waals surface area contributed by atoms with E-state index < -0.39 is 0 Å². The maximum Gasteiger partial charge on any atom is 0.259 e. The highest BCUT2D eigenvalue weighted by molar-refractivity contribution is 6.30. The molecule has 0 saturated heterocycles. The van der Waals surface area contributed by atoms with Gasteiger partial charge in [-0.25, -0.2) is 0 Å². The quantitative estimate of drug-likeness (QED) is 0.578. The Kier molecular flexibility index (Phi) is 1.45. The number of hydrogen-bond donors (Lipinski definition) is 0. The van der Waals surface area contributed by atoms with Gasteiger partial charge in [-0.15, -0.1) is 0 Å². The van der Waals surface area contributed by atoms with Crippen molar-refractivity contribution in [2.45, 2.75) is 0 Å². The van der Waals surface area contributed by atoms with Crippen LogP contribution in [-0.2, 0) is 0 Å². The van der Waals surface area contributed by atoms with Crippen molar-refractivity contribution >= 4 is 22.7 Å². The van der Waals surface area contributed by atoms with Crippen LogP contribution in [0.15, 0.2) is 16.8 Å². The fourth-order valence-corrected chi connectivity index (χ4v) is 1.04. The third kappa shape index (κ3) is 0.917. The van der Waals surface area contributed by atoms with Gasteiger partial charge in [0.15, 0.2) is 5.15 Å². The van der Waals surface area contributed by atoms with Crippen LogP contribution in [0.4, 0.5) is 0 Å². The van der Waals surface area contributed by atoms with Gasteiger partial charge in [-0.3, -0.25) is 0 Å². The number of nitriles is 1. The summed E-state index contributed by atoms with van der Waals surface area (Å²) in [6.45, 7) is 0. The smallest absolute Gasteiger partial charge is 0.259 e. The molecule has 5 heteroatoms. The van der Waals surface area contributed by atoms with Crippen molar-refractivity contribution in [3.05, 3.63) is 23.0 Å². The summed E-state index contributed by atoms with van der Waals surface area (Å²) in [6.07, 6.45) is 1.49. The highest BCUT2D eigenvalue weighted by Gasteiger charge is 2.06. The minimum absolute atomic E-state index is 0.141. The molecule has 0 radical (unpaired) electrons. The van der Waals surface area contributed by atoms with Crippen LogP contribution in [0.5, 0.6) is 0 Å². The molecule has 0 bridgehead atoms. The van der Waals surface area contributed by atoms with Gasteiger partial charge in [0.25, 0.3) is 5.71 Å². The zero-order valence-corrected chi connectivity index (χ0v) is 6.54. The van der Waals surface area contributed by atoms with Gasteiger partial charge < -0.3 is 4.52 Å². The fraction of sp³-hybridized carbons (Fsp3) is 0. The summed E-state index contributed by atoms with van der Waals surface area (Å²) in [6, 6.07) is 3.50. The maximum atomic E-state index is 8.59. The summed E-state index contributed by atoms with van der Waals surface area (Å²) in [4.78, 5) is 3.82. The molecule has 0 saturated carbocycles. The molecule has 58 valence electrons. The summed E-state index contributed by atoms with van der Waals surface area (Å²) >= 11 is 5.64. The van der Waals surface area contributed by atoms with Crippen molar-refractivity contribution < 1.29 is 4.52 Å². The average molecular weight is 180 g/mol. The zero-order chi connectivity index (χ0) is 8.55. The van der Waals surface area contributed by atoms with Gasteiger partial charge in [0, 0.05) is 0 Å². The molecule has 4 nitrogen and oxygen atoms in total. The molecule has 2 heterocycles. The first-order chi connectivity index (χ1) is 5.81. The van der Waals surface area contributed by atoms with E-state index in [9.17, 15) is 0 Å². The van der Waals surface area contributed by atoms with Crippen molar-refractivity contribution in [1.29, 1.82) is 5.26 Å². The third-order valence-corrected chi connectivity index (χ3v) is 1.71. The SMILES string of the molecule is N#Cc1cc2cnoc2nc1Cl. The lowest BCUT2D eigenvalue weighted by Crippen LogP contribution is -1.81. The van der Waals surface area contributed by atoms with Gasteiger partial charge >= 0.3 is 0 Å². The molecule has 0 amide bonds. The molecule has 0 atom stereocenters. The summed E-state index contributed by atoms with van der Waals surface area (Å²) in [5.41, 5.74) is 0.673. The van der Waals surface area contributed by atoms with Gasteiger partial charge in [-0.1, -0.05) is 16.8 Å². The van der Waals surface area contributed by atoms with E-state index in [0.717, 1.165) is 0 Å². The first kappa shape index (κ1) is 7.07. The Morgan fingerprint density at radius 3 is 3.17 bits per heavy atom. The molecule has 2 aromatic rings. The Balaban J connectivity index is 2.84. The number of fused-ring (bicyclic) bond motifs is 1. The normalized spacial score (nSPS) is 10.0. The standard InChI is InChI=1S/C7H2ClN3O/c8-6-4(2-9)1-5-3-10-12-7(5)11-6/h1,3H. The number of pyridine rings is 1. The van der Waals surface area contributed by atoms with Gasteiger partial charge in [-0.05, 0) is 6.07 Å². The van der Waals surface area contributed by atoms with Crippen LogP contribution in [0.3, 0.4) is 0 Å². The predicted octanol–water partition coefficient (Wildman–Crippen LogP) is 1.75. The number of halogens is 1. The second kappa shape index (κ2) is 2.47. The van der Waals surface area contributed by atoms with Crippen LogP contribution < -0.4 is 0 Å². The number of nitrogens with zero attached hydrogens (tertiary/aromatic N) is 3. The largest absolute Gasteiger partial charge is 0.336 e. The van der Waals surface area contributed by atoms with Crippen molar-refractivity contribution in [1.82, 2.24) is 10.1 Å². The fourth-order valence-electron chi connectivity index (χ4n) is 0.868. The van der Waals surface area contributed by atoms with E-state index in [0.29, 0.717) is 16.7 Å². The molecule has 0 aliphatic carbocycles. The summed E-state index contributed by atoms with van der Waals surface area (Å²) in [5.74, 6) is 0. The van der Waals surface area contributed by atoms with E-state index in [1.807, 2.05) is 6.07 Å². The molecular weight excluding hydrogens is 178 g/mol. The average Bonchev–Trinajstić information content (AvgIpc) is 2.49. The number of aromatic nitrogens is 2. The highest BCUT2D eigenvalue weighted by Crippen LogP contribution is 2.18. The molecule has 12 heavy (non-hydrogen) atoms. The lowest BCUT2D eigenvalue weighted by molar-refractivity contribution is 0.448. The zero-order valence-electron chi connectivity index (χ0n) is 5.78. The van der Waals surface area contributed by atoms with E-state index in [-0.39, 0.29) is 5.15 Å². The van der Waals surface area contributed by atoms with Gasteiger partial charge in [-0.2, -0.15) is 10.2 Å². The van der Waals surface area contributed by atoms with Crippen LogP contribution in [0, 0.1) is 11.3 Å². The van der Waals surface area contributed by atoms with Crippen LogP contribution in [0.25, 0.3) is 11.1 Å². The molecule has 0 fully saturated rings. The topological polar surface area (TPSA) is 62.7 Å². The van der Waals surface area contributed by atoms with Crippen molar-refractivity contribution in [3.8, 4) is 6.07 Å². The maximum absolute atomic E-state index is 8.59. The highest BCUT2D eigenvalue weighted by atomic mass is 35.5. The molecule has 0 N–H and O–H groups in total. The van der Waals surface area contributed by atoms with Crippen LogP contribution >= 0.6 is 11.6 Å². The second-order valence-electron chi connectivity index (χ2n) is 2.16. The Bertz CT molecular complexity index is 471. The number of rotatable bonds is 0. The molecule has 0 unspecified atom stereocenters. The minimum Gasteiger partial charge on any atom is -0.336 e. The first-order valence-corrected chi connectivity index (χ1v) is 3.50. The second-order valence-corrected chi connectivity index (χ2v) is 2.52. The lowest BCUT2D eigenvalue weighted by atomic mass is 10.2. The lowest BCUT2D eigenvalue weighted by Gasteiger charge is -1.90. The van der Waals surface area contributed by atoms with E-state index in [4.69, 9.17) is 21.4 Å². The number of hydrogen-bond acceptors (Lipinski definition) is 4. The third-order valence-electron chi connectivity index (χ3n) is 1.42. The van der Waals surface area contributed by atoms with E-state index in [1.54, 1.807) is 6.07 Å². The van der Waals surface area contributed by atoms with Gasteiger partial charge in [0.1, 0.15) is 6.07 Å². The molecule has 0 aliphatic heterocycles. The molecule has 0 spiro atoms. The molecular formula is C7H2ClN3O. The van der Waals surface area contributed by atoms with E-state index in [1.165, 1.54) is 6.20 Å². The van der Waals surface area contributed by atoms with Gasteiger partial charge in [0.05, 0.1) is 17.1 Å². The Morgan fingerprint density at radius 2 is 2.42 bits per heavy atom. The van der Waals surface area contributed by atoms with Crippen LogP contribution in [0.2, 0.25) is 5.15 Å². The van der Waals surface area contributed by atoms with E-state index >= 15 is 0 Å². The molecule has 0 aliphatic rings. The van der Waals surface area contributed by atoms with Crippen molar-refractivity contribution in [3.63, 3.8) is 0 Å². The first-order valence-electron chi connectivity index (χ1n) is 3.12. The van der Waals surface area contributed by atoms with Crippen molar-refractivity contribution in [2.75, 3.05) is 0 Å². The molecule has 2 aromatic heterocycles. The van der Waals surface area contributed by atoms with E-state index in [2.05, 4.69) is 10.1 Å². The summed E-state index contributed by atoms with van der Waals surface area (Å²) in [5, 5.41) is 12.9. The molecule has 0 aromatic carbocycles. The van der Waals surface area contributed by atoms with Gasteiger partial charge in [0.2, 0.25) is 0 Å². The Morgan fingerprint density at radius 1 is 1.58 bits per heavy atom. The summed E-state index contributed by atoms with van der Waals surface area (Å²) < 4.78 is 4.74. The summed E-state index contributed by atoms with van der Waals surface area (Å²) in [7, 11) is 0.